The minimum atomic E-state index is -0.291. The Labute approximate surface area is 132 Å². The molecule has 0 bridgehead atoms. The van der Waals surface area contributed by atoms with Crippen molar-refractivity contribution in [1.29, 1.82) is 0 Å². The van der Waals surface area contributed by atoms with Gasteiger partial charge in [-0.15, -0.1) is 0 Å². The number of methoxy groups -OCH3 is 2. The normalized spacial score (nSPS) is 10.1. The van der Waals surface area contributed by atoms with Crippen molar-refractivity contribution in [3.8, 4) is 11.5 Å². The highest BCUT2D eigenvalue weighted by molar-refractivity contribution is 6.42. The molecule has 0 saturated carbocycles. The first-order valence-electron chi connectivity index (χ1n) is 6.03. The lowest BCUT2D eigenvalue weighted by Crippen LogP contribution is -2.11. The maximum atomic E-state index is 12.1. The van der Waals surface area contributed by atoms with Gasteiger partial charge in [-0.3, -0.25) is 4.79 Å². The van der Waals surface area contributed by atoms with E-state index >= 15 is 0 Å². The van der Waals surface area contributed by atoms with Crippen molar-refractivity contribution in [2.24, 2.45) is 0 Å². The standard InChI is InChI=1S/C15H13Cl2NO3/c1-20-13-6-4-10(8-14(13)21-2)18-15(19)9-3-5-11(16)12(17)7-9/h3-8H,1-2H3,(H,18,19). The van der Waals surface area contributed by atoms with Crippen molar-refractivity contribution in [2.75, 3.05) is 19.5 Å². The van der Waals surface area contributed by atoms with Gasteiger partial charge >= 0.3 is 0 Å². The Morgan fingerprint density at radius 1 is 0.952 bits per heavy atom. The number of rotatable bonds is 4. The summed E-state index contributed by atoms with van der Waals surface area (Å²) < 4.78 is 10.3. The largest absolute Gasteiger partial charge is 0.493 e. The topological polar surface area (TPSA) is 47.6 Å². The van der Waals surface area contributed by atoms with Gasteiger partial charge in [-0.05, 0) is 30.3 Å². The summed E-state index contributed by atoms with van der Waals surface area (Å²) in [6.07, 6.45) is 0. The van der Waals surface area contributed by atoms with E-state index in [-0.39, 0.29) is 5.91 Å². The summed E-state index contributed by atoms with van der Waals surface area (Å²) in [5, 5.41) is 3.49. The summed E-state index contributed by atoms with van der Waals surface area (Å²) in [7, 11) is 3.08. The SMILES string of the molecule is COc1ccc(NC(=O)c2ccc(Cl)c(Cl)c2)cc1OC. The van der Waals surface area contributed by atoms with Crippen LogP contribution in [0.4, 0.5) is 5.69 Å². The van der Waals surface area contributed by atoms with Crippen molar-refractivity contribution in [2.45, 2.75) is 0 Å². The van der Waals surface area contributed by atoms with Crippen LogP contribution in [-0.4, -0.2) is 20.1 Å². The Morgan fingerprint density at radius 2 is 1.67 bits per heavy atom. The van der Waals surface area contributed by atoms with Crippen molar-refractivity contribution in [3.63, 3.8) is 0 Å². The molecule has 0 atom stereocenters. The second-order valence-electron chi connectivity index (χ2n) is 4.15. The zero-order chi connectivity index (χ0) is 15.4. The Hall–Kier alpha value is -1.91. The summed E-state index contributed by atoms with van der Waals surface area (Å²) >= 11 is 11.7. The molecule has 0 aliphatic heterocycles. The van der Waals surface area contributed by atoms with Crippen LogP contribution in [0.3, 0.4) is 0 Å². The number of carbonyl (C=O) groups excluding carboxylic acids is 1. The maximum Gasteiger partial charge on any atom is 0.255 e. The van der Waals surface area contributed by atoms with E-state index in [1.165, 1.54) is 13.2 Å². The Morgan fingerprint density at radius 3 is 2.29 bits per heavy atom. The number of carbonyl (C=O) groups is 1. The second-order valence-corrected chi connectivity index (χ2v) is 4.97. The molecule has 4 nitrogen and oxygen atoms in total. The molecule has 6 heteroatoms. The van der Waals surface area contributed by atoms with Gasteiger partial charge < -0.3 is 14.8 Å². The lowest BCUT2D eigenvalue weighted by atomic mass is 10.2. The highest BCUT2D eigenvalue weighted by Crippen LogP contribution is 2.30. The quantitative estimate of drug-likeness (QED) is 0.913. The molecular weight excluding hydrogens is 313 g/mol. The van der Waals surface area contributed by atoms with E-state index in [2.05, 4.69) is 5.32 Å². The Balaban J connectivity index is 2.21. The van der Waals surface area contributed by atoms with Crippen LogP contribution in [0.25, 0.3) is 0 Å². The monoisotopic (exact) mass is 325 g/mol. The summed E-state index contributed by atoms with van der Waals surface area (Å²) in [5.74, 6) is 0.829. The molecule has 110 valence electrons. The molecule has 0 saturated heterocycles. The molecule has 1 amide bonds. The van der Waals surface area contributed by atoms with Crippen LogP contribution < -0.4 is 14.8 Å². The molecule has 0 spiro atoms. The number of benzene rings is 2. The van der Waals surface area contributed by atoms with Crippen molar-refractivity contribution in [3.05, 3.63) is 52.0 Å². The zero-order valence-corrected chi connectivity index (χ0v) is 13.0. The predicted molar refractivity (Wildman–Crippen MR) is 84.0 cm³/mol. The fourth-order valence-corrected chi connectivity index (χ4v) is 2.05. The molecule has 0 fully saturated rings. The van der Waals surface area contributed by atoms with Crippen molar-refractivity contribution < 1.29 is 14.3 Å². The van der Waals surface area contributed by atoms with Crippen LogP contribution in [-0.2, 0) is 0 Å². The van der Waals surface area contributed by atoms with Gasteiger partial charge in [0.2, 0.25) is 0 Å². The van der Waals surface area contributed by atoms with E-state index in [4.69, 9.17) is 32.7 Å². The number of ether oxygens (including phenoxy) is 2. The van der Waals surface area contributed by atoms with E-state index in [1.807, 2.05) is 0 Å². The van der Waals surface area contributed by atoms with Gasteiger partial charge in [-0.1, -0.05) is 23.2 Å². The highest BCUT2D eigenvalue weighted by atomic mass is 35.5. The fourth-order valence-electron chi connectivity index (χ4n) is 1.75. The first-order valence-corrected chi connectivity index (χ1v) is 6.79. The van der Waals surface area contributed by atoms with Gasteiger partial charge in [0.25, 0.3) is 5.91 Å². The molecule has 0 aliphatic carbocycles. The molecule has 2 aromatic carbocycles. The molecule has 0 aliphatic rings. The third-order valence-corrected chi connectivity index (χ3v) is 3.56. The maximum absolute atomic E-state index is 12.1. The molecule has 0 aromatic heterocycles. The van der Waals surface area contributed by atoms with E-state index in [9.17, 15) is 4.79 Å². The number of halogens is 2. The van der Waals surface area contributed by atoms with Crippen LogP contribution in [0.5, 0.6) is 11.5 Å². The Kier molecular flexibility index (Phi) is 4.94. The highest BCUT2D eigenvalue weighted by Gasteiger charge is 2.10. The van der Waals surface area contributed by atoms with Gasteiger partial charge in [-0.25, -0.2) is 0 Å². The van der Waals surface area contributed by atoms with E-state index in [0.717, 1.165) is 0 Å². The van der Waals surface area contributed by atoms with Crippen LogP contribution in [0.15, 0.2) is 36.4 Å². The van der Waals surface area contributed by atoms with E-state index < -0.39 is 0 Å². The smallest absolute Gasteiger partial charge is 0.255 e. The van der Waals surface area contributed by atoms with Gasteiger partial charge in [0.1, 0.15) is 0 Å². The number of nitrogens with one attached hydrogen (secondary N) is 1. The number of anilines is 1. The first kappa shape index (κ1) is 15.5. The van der Waals surface area contributed by atoms with Crippen molar-refractivity contribution in [1.82, 2.24) is 0 Å². The van der Waals surface area contributed by atoms with Crippen LogP contribution in [0.2, 0.25) is 10.0 Å². The van der Waals surface area contributed by atoms with Gasteiger partial charge in [0.05, 0.1) is 24.3 Å². The van der Waals surface area contributed by atoms with Gasteiger partial charge in [0, 0.05) is 17.3 Å². The zero-order valence-electron chi connectivity index (χ0n) is 11.4. The number of amides is 1. The van der Waals surface area contributed by atoms with E-state index in [1.54, 1.807) is 37.4 Å². The van der Waals surface area contributed by atoms with Crippen molar-refractivity contribution >= 4 is 34.8 Å². The lowest BCUT2D eigenvalue weighted by molar-refractivity contribution is 0.102. The van der Waals surface area contributed by atoms with E-state index in [0.29, 0.717) is 32.8 Å². The minimum absolute atomic E-state index is 0.291. The predicted octanol–water partition coefficient (Wildman–Crippen LogP) is 4.26. The molecule has 0 unspecified atom stereocenters. The minimum Gasteiger partial charge on any atom is -0.493 e. The average molecular weight is 326 g/mol. The van der Waals surface area contributed by atoms with Crippen LogP contribution in [0.1, 0.15) is 10.4 Å². The molecule has 2 aromatic rings. The van der Waals surface area contributed by atoms with Gasteiger partial charge in [-0.2, -0.15) is 0 Å². The summed E-state index contributed by atoms with van der Waals surface area (Å²) in [4.78, 5) is 12.1. The average Bonchev–Trinajstić information content (AvgIpc) is 2.49. The summed E-state index contributed by atoms with van der Waals surface area (Å²) in [6, 6.07) is 9.80. The first-order chi connectivity index (χ1) is 10.0. The molecule has 21 heavy (non-hydrogen) atoms. The second kappa shape index (κ2) is 6.70. The molecule has 0 heterocycles. The molecule has 2 rings (SSSR count). The Bertz CT molecular complexity index is 674. The summed E-state index contributed by atoms with van der Waals surface area (Å²) in [6.45, 7) is 0. The van der Waals surface area contributed by atoms with Crippen LogP contribution >= 0.6 is 23.2 Å². The fraction of sp³-hybridized carbons (Fsp3) is 0.133. The third kappa shape index (κ3) is 3.60. The third-order valence-electron chi connectivity index (χ3n) is 2.82. The number of hydrogen-bond acceptors (Lipinski definition) is 3. The lowest BCUT2D eigenvalue weighted by Gasteiger charge is -2.11. The molecule has 0 radical (unpaired) electrons. The van der Waals surface area contributed by atoms with Gasteiger partial charge in [0.15, 0.2) is 11.5 Å². The number of hydrogen-bond donors (Lipinski definition) is 1. The molecular formula is C15H13Cl2NO3. The summed E-state index contributed by atoms with van der Waals surface area (Å²) in [5.41, 5.74) is 1.00. The molecule has 1 N–H and O–H groups in total. The van der Waals surface area contributed by atoms with Crippen LogP contribution in [0, 0.1) is 0 Å².